The Morgan fingerprint density at radius 3 is 2.09 bits per heavy atom. The van der Waals surface area contributed by atoms with Crippen LogP contribution in [0.3, 0.4) is 0 Å². The minimum Gasteiger partial charge on any atom is -0.502 e. The van der Waals surface area contributed by atoms with Crippen LogP contribution in [-0.4, -0.2) is 39.3 Å². The maximum atomic E-state index is 13.5. The lowest BCUT2D eigenvalue weighted by Crippen LogP contribution is -2.66. The monoisotopic (exact) mass is 444 g/mol. The molecule has 2 aromatic carbocycles. The molecule has 7 heteroatoms. The van der Waals surface area contributed by atoms with Gasteiger partial charge in [-0.2, -0.15) is 0 Å². The lowest BCUT2D eigenvalue weighted by atomic mass is 9.93. The topological polar surface area (TPSA) is 91.8 Å². The fourth-order valence-electron chi connectivity index (χ4n) is 5.31. The Balaban J connectivity index is 1.85. The summed E-state index contributed by atoms with van der Waals surface area (Å²) < 4.78 is 1.64. The molecule has 1 amide bonds. The molecule has 0 radical (unpaired) electrons. The number of hydrogen-bond acceptors (Lipinski definition) is 5. The summed E-state index contributed by atoms with van der Waals surface area (Å²) in [4.78, 5) is 27.5. The molecule has 2 heterocycles. The van der Waals surface area contributed by atoms with Gasteiger partial charge < -0.3 is 15.7 Å². The zero-order valence-corrected chi connectivity index (χ0v) is 18.8. The van der Waals surface area contributed by atoms with Crippen molar-refractivity contribution in [3.05, 3.63) is 99.0 Å². The molecule has 0 fully saturated rings. The van der Waals surface area contributed by atoms with E-state index in [-0.39, 0.29) is 24.3 Å². The average molecular weight is 445 g/mol. The number of aryl methyl sites for hydroxylation is 2. The van der Waals surface area contributed by atoms with Gasteiger partial charge in [-0.3, -0.25) is 19.3 Å². The van der Waals surface area contributed by atoms with E-state index in [1.54, 1.807) is 15.8 Å². The van der Waals surface area contributed by atoms with Crippen molar-refractivity contribution in [2.24, 2.45) is 5.73 Å². The molecule has 3 aromatic rings. The van der Waals surface area contributed by atoms with Gasteiger partial charge in [0, 0.05) is 24.8 Å². The van der Waals surface area contributed by atoms with Crippen molar-refractivity contribution in [1.29, 1.82) is 0 Å². The predicted molar refractivity (Wildman–Crippen MR) is 127 cm³/mol. The standard InChI is InChI=1S/C26H28N4O3/c1-16(2)29-22(15-27)30(28-14-13-21(31)25(32)24(28)26(29)33)23-19-9-5-3-7-17(19)11-12-18-8-4-6-10-20(18)23/h3-10,13-14,16,22-23,32H,11-12,15,27H2,1-2H3. The van der Waals surface area contributed by atoms with Crippen LogP contribution in [0.25, 0.3) is 0 Å². The van der Waals surface area contributed by atoms with Gasteiger partial charge >= 0.3 is 0 Å². The number of aromatic hydroxyl groups is 1. The number of pyridine rings is 1. The average Bonchev–Trinajstić information content (AvgIpc) is 2.97. The highest BCUT2D eigenvalue weighted by atomic mass is 16.3. The number of nitrogens with zero attached hydrogens (tertiary/aromatic N) is 3. The lowest BCUT2D eigenvalue weighted by molar-refractivity contribution is 0.0478. The van der Waals surface area contributed by atoms with E-state index in [4.69, 9.17) is 5.73 Å². The number of hydrogen-bond donors (Lipinski definition) is 2. The van der Waals surface area contributed by atoms with Gasteiger partial charge in [-0.05, 0) is 48.9 Å². The van der Waals surface area contributed by atoms with Gasteiger partial charge in [0.1, 0.15) is 6.17 Å². The molecule has 170 valence electrons. The smallest absolute Gasteiger partial charge is 0.278 e. The molecule has 0 saturated heterocycles. The van der Waals surface area contributed by atoms with E-state index in [0.717, 1.165) is 24.0 Å². The molecule has 0 spiro atoms. The first kappa shape index (κ1) is 21.3. The molecule has 1 atom stereocenters. The second kappa shape index (κ2) is 8.08. The third-order valence-electron chi connectivity index (χ3n) is 6.76. The van der Waals surface area contributed by atoms with Crippen LogP contribution in [0.4, 0.5) is 0 Å². The summed E-state index contributed by atoms with van der Waals surface area (Å²) in [5.74, 6) is -0.939. The van der Waals surface area contributed by atoms with Crippen molar-refractivity contribution in [1.82, 2.24) is 9.58 Å². The SMILES string of the molecule is CC(C)N1C(=O)c2c(O)c(=O)ccn2N(C2c3ccccc3CCc3ccccc32)C1CN. The largest absolute Gasteiger partial charge is 0.502 e. The minimum atomic E-state index is -0.578. The number of amides is 1. The van der Waals surface area contributed by atoms with Crippen molar-refractivity contribution >= 4 is 5.91 Å². The zero-order valence-electron chi connectivity index (χ0n) is 18.8. The Labute approximate surface area is 192 Å². The molecular formula is C26H28N4O3. The number of carbonyl (C=O) groups is 1. The number of rotatable bonds is 3. The van der Waals surface area contributed by atoms with E-state index < -0.39 is 23.3 Å². The first-order chi connectivity index (χ1) is 15.9. The quantitative estimate of drug-likeness (QED) is 0.648. The second-order valence-electron chi connectivity index (χ2n) is 8.92. The Morgan fingerprint density at radius 1 is 0.970 bits per heavy atom. The first-order valence-electron chi connectivity index (χ1n) is 11.4. The first-order valence-corrected chi connectivity index (χ1v) is 11.4. The van der Waals surface area contributed by atoms with Crippen molar-refractivity contribution in [2.45, 2.75) is 44.9 Å². The molecule has 0 bridgehead atoms. The van der Waals surface area contributed by atoms with Crippen LogP contribution < -0.4 is 16.2 Å². The number of carbonyl (C=O) groups excluding carboxylic acids is 1. The molecule has 5 rings (SSSR count). The van der Waals surface area contributed by atoms with E-state index >= 15 is 0 Å². The lowest BCUT2D eigenvalue weighted by Gasteiger charge is -2.51. The third-order valence-corrected chi connectivity index (χ3v) is 6.76. The fraction of sp³-hybridized carbons (Fsp3) is 0.308. The normalized spacial score (nSPS) is 18.1. The highest BCUT2D eigenvalue weighted by Crippen LogP contribution is 2.40. The van der Waals surface area contributed by atoms with E-state index in [2.05, 4.69) is 29.3 Å². The van der Waals surface area contributed by atoms with Crippen molar-refractivity contribution < 1.29 is 9.90 Å². The fourth-order valence-corrected chi connectivity index (χ4v) is 5.31. The number of aromatic nitrogens is 1. The van der Waals surface area contributed by atoms with Crippen LogP contribution in [-0.2, 0) is 12.8 Å². The van der Waals surface area contributed by atoms with E-state index in [1.165, 1.54) is 17.2 Å². The Hall–Kier alpha value is -3.58. The van der Waals surface area contributed by atoms with Crippen LogP contribution in [0.15, 0.2) is 65.6 Å². The summed E-state index contributed by atoms with van der Waals surface area (Å²) in [6.45, 7) is 4.03. The van der Waals surface area contributed by atoms with Crippen molar-refractivity contribution in [2.75, 3.05) is 11.6 Å². The van der Waals surface area contributed by atoms with Gasteiger partial charge in [0.2, 0.25) is 5.43 Å². The summed E-state index contributed by atoms with van der Waals surface area (Å²) >= 11 is 0. The number of fused-ring (bicyclic) bond motifs is 3. The highest BCUT2D eigenvalue weighted by molar-refractivity contribution is 5.96. The third kappa shape index (κ3) is 3.23. The van der Waals surface area contributed by atoms with Crippen LogP contribution in [0, 0.1) is 0 Å². The summed E-state index contributed by atoms with van der Waals surface area (Å²) in [5.41, 5.74) is 10.4. The van der Waals surface area contributed by atoms with Gasteiger partial charge in [-0.1, -0.05) is 48.5 Å². The van der Waals surface area contributed by atoms with Gasteiger partial charge in [0.25, 0.3) is 5.91 Å². The maximum Gasteiger partial charge on any atom is 0.278 e. The molecule has 1 aromatic heterocycles. The Morgan fingerprint density at radius 2 is 1.55 bits per heavy atom. The molecule has 2 aliphatic rings. The van der Waals surface area contributed by atoms with Gasteiger partial charge in [-0.15, -0.1) is 0 Å². The highest BCUT2D eigenvalue weighted by Gasteiger charge is 2.44. The van der Waals surface area contributed by atoms with Gasteiger partial charge in [0.15, 0.2) is 11.4 Å². The molecule has 7 nitrogen and oxygen atoms in total. The maximum absolute atomic E-state index is 13.5. The van der Waals surface area contributed by atoms with Gasteiger partial charge in [0.05, 0.1) is 6.04 Å². The van der Waals surface area contributed by atoms with Crippen LogP contribution >= 0.6 is 0 Å². The summed E-state index contributed by atoms with van der Waals surface area (Å²) in [6.07, 6.45) is 2.90. The molecule has 33 heavy (non-hydrogen) atoms. The molecule has 1 unspecified atom stereocenters. The van der Waals surface area contributed by atoms with Crippen LogP contribution in [0.2, 0.25) is 0 Å². The Kier molecular flexibility index (Phi) is 5.21. The predicted octanol–water partition coefficient (Wildman–Crippen LogP) is 2.53. The molecular weight excluding hydrogens is 416 g/mol. The van der Waals surface area contributed by atoms with Crippen LogP contribution in [0.1, 0.15) is 52.6 Å². The van der Waals surface area contributed by atoms with Crippen molar-refractivity contribution in [3.63, 3.8) is 0 Å². The summed E-state index contributed by atoms with van der Waals surface area (Å²) in [5, 5.41) is 12.8. The van der Waals surface area contributed by atoms with E-state index in [1.807, 2.05) is 38.1 Å². The summed E-state index contributed by atoms with van der Waals surface area (Å²) in [7, 11) is 0. The van der Waals surface area contributed by atoms with Gasteiger partial charge in [-0.25, -0.2) is 0 Å². The molecule has 1 aliphatic heterocycles. The van der Waals surface area contributed by atoms with Crippen LogP contribution in [0.5, 0.6) is 5.75 Å². The minimum absolute atomic E-state index is 0.0277. The molecule has 3 N–H and O–H groups in total. The van der Waals surface area contributed by atoms with Crippen molar-refractivity contribution in [3.8, 4) is 5.75 Å². The number of nitrogens with two attached hydrogens (primary N) is 1. The zero-order chi connectivity index (χ0) is 23.3. The second-order valence-corrected chi connectivity index (χ2v) is 8.92. The van der Waals surface area contributed by atoms with E-state index in [0.29, 0.717) is 0 Å². The summed E-state index contributed by atoms with van der Waals surface area (Å²) in [6, 6.07) is 17.5. The molecule has 0 saturated carbocycles. The molecule has 1 aliphatic carbocycles. The van der Waals surface area contributed by atoms with E-state index in [9.17, 15) is 14.7 Å². The number of benzene rings is 2. The Bertz CT molecular complexity index is 1240.